The molecular formula is C13H21N3S. The maximum atomic E-state index is 6.14. The first-order valence-corrected chi connectivity index (χ1v) is 7.44. The molecule has 1 aliphatic heterocycles. The van der Waals surface area contributed by atoms with Crippen LogP contribution in [0.2, 0.25) is 0 Å². The summed E-state index contributed by atoms with van der Waals surface area (Å²) >= 11 is 1.81. The normalized spacial score (nSPS) is 25.1. The van der Waals surface area contributed by atoms with E-state index in [2.05, 4.69) is 17.3 Å². The van der Waals surface area contributed by atoms with Crippen LogP contribution in [0, 0.1) is 0 Å². The number of nitrogens with zero attached hydrogens (tertiary/aromatic N) is 2. The number of hydrogen-bond acceptors (Lipinski definition) is 4. The van der Waals surface area contributed by atoms with Crippen molar-refractivity contribution in [2.24, 2.45) is 5.73 Å². The van der Waals surface area contributed by atoms with E-state index in [1.165, 1.54) is 49.5 Å². The molecule has 0 bridgehead atoms. The third-order valence-electron chi connectivity index (χ3n) is 4.10. The van der Waals surface area contributed by atoms with Gasteiger partial charge in [-0.25, -0.2) is 4.98 Å². The van der Waals surface area contributed by atoms with Crippen LogP contribution in [0.4, 0.5) is 0 Å². The molecule has 4 heteroatoms. The van der Waals surface area contributed by atoms with Gasteiger partial charge in [0.15, 0.2) is 0 Å². The first-order chi connectivity index (χ1) is 8.15. The molecule has 1 aromatic heterocycles. The second-order valence-corrected chi connectivity index (χ2v) is 6.73. The Morgan fingerprint density at radius 1 is 1.47 bits per heavy atom. The summed E-state index contributed by atoms with van der Waals surface area (Å²) < 4.78 is 0. The number of nitrogens with two attached hydrogens (primary N) is 1. The van der Waals surface area contributed by atoms with Gasteiger partial charge in [-0.3, -0.25) is 0 Å². The number of aromatic nitrogens is 1. The number of piperidine rings is 1. The Hall–Kier alpha value is -0.450. The van der Waals surface area contributed by atoms with Gasteiger partial charge in [0.05, 0.1) is 10.7 Å². The summed E-state index contributed by atoms with van der Waals surface area (Å²) in [5.74, 6) is 0.684. The van der Waals surface area contributed by atoms with Crippen molar-refractivity contribution in [1.29, 1.82) is 0 Å². The van der Waals surface area contributed by atoms with Crippen molar-refractivity contribution in [3.05, 3.63) is 16.1 Å². The minimum atomic E-state index is 0.0991. The van der Waals surface area contributed by atoms with Crippen molar-refractivity contribution in [1.82, 2.24) is 9.88 Å². The van der Waals surface area contributed by atoms with Gasteiger partial charge in [0.2, 0.25) is 0 Å². The largest absolute Gasteiger partial charge is 0.325 e. The fourth-order valence-electron chi connectivity index (χ4n) is 2.54. The third kappa shape index (κ3) is 2.69. The van der Waals surface area contributed by atoms with Crippen molar-refractivity contribution >= 4 is 11.3 Å². The predicted octanol–water partition coefficient (Wildman–Crippen LogP) is 1.99. The maximum Gasteiger partial charge on any atom is 0.0946 e. The molecule has 2 fully saturated rings. The fourth-order valence-corrected chi connectivity index (χ4v) is 3.57. The average molecular weight is 251 g/mol. The molecule has 1 saturated carbocycles. The van der Waals surface area contributed by atoms with Crippen LogP contribution in [0.5, 0.6) is 0 Å². The highest BCUT2D eigenvalue weighted by molar-refractivity contribution is 7.09. The lowest BCUT2D eigenvalue weighted by Gasteiger charge is -2.27. The average Bonchev–Trinajstić information content (AvgIpc) is 2.86. The van der Waals surface area contributed by atoms with Gasteiger partial charge in [-0.05, 0) is 45.8 Å². The summed E-state index contributed by atoms with van der Waals surface area (Å²) in [7, 11) is 2.20. The van der Waals surface area contributed by atoms with Crippen LogP contribution in [0.3, 0.4) is 0 Å². The summed E-state index contributed by atoms with van der Waals surface area (Å²) in [6, 6.07) is 0. The number of hydrogen-bond donors (Lipinski definition) is 1. The van der Waals surface area contributed by atoms with Gasteiger partial charge in [0.25, 0.3) is 0 Å². The highest BCUT2D eigenvalue weighted by Gasteiger charge is 2.39. The molecule has 1 aliphatic carbocycles. The summed E-state index contributed by atoms with van der Waals surface area (Å²) in [5, 5.41) is 3.51. The molecule has 1 saturated heterocycles. The van der Waals surface area contributed by atoms with Gasteiger partial charge in [-0.15, -0.1) is 11.3 Å². The standard InChI is InChI=1S/C13H21N3S/c1-16-6-2-10(3-7-16)11-9-17-12(15-11)8-13(14)4-5-13/h9-10H,2-8,14H2,1H3. The van der Waals surface area contributed by atoms with Crippen molar-refractivity contribution in [2.75, 3.05) is 20.1 Å². The molecule has 3 nitrogen and oxygen atoms in total. The summed E-state index contributed by atoms with van der Waals surface area (Å²) in [6.07, 6.45) is 5.86. The maximum absolute atomic E-state index is 6.14. The molecule has 0 spiro atoms. The van der Waals surface area contributed by atoms with E-state index in [0.717, 1.165) is 6.42 Å². The molecule has 0 amide bonds. The number of rotatable bonds is 3. The van der Waals surface area contributed by atoms with Gasteiger partial charge >= 0.3 is 0 Å². The van der Waals surface area contributed by atoms with E-state index in [-0.39, 0.29) is 5.54 Å². The Kier molecular flexibility index (Phi) is 2.97. The van der Waals surface area contributed by atoms with Crippen LogP contribution in [0.1, 0.15) is 42.3 Å². The predicted molar refractivity (Wildman–Crippen MR) is 71.4 cm³/mol. The molecule has 94 valence electrons. The smallest absolute Gasteiger partial charge is 0.0946 e. The Labute approximate surface area is 107 Å². The lowest BCUT2D eigenvalue weighted by molar-refractivity contribution is 0.253. The molecule has 2 aliphatic rings. The van der Waals surface area contributed by atoms with E-state index in [4.69, 9.17) is 10.7 Å². The van der Waals surface area contributed by atoms with Crippen LogP contribution in [0.15, 0.2) is 5.38 Å². The third-order valence-corrected chi connectivity index (χ3v) is 4.97. The minimum absolute atomic E-state index is 0.0991. The molecular weight excluding hydrogens is 230 g/mol. The minimum Gasteiger partial charge on any atom is -0.325 e. The Morgan fingerprint density at radius 3 is 2.82 bits per heavy atom. The van der Waals surface area contributed by atoms with E-state index in [0.29, 0.717) is 5.92 Å². The van der Waals surface area contributed by atoms with Gasteiger partial charge in [0, 0.05) is 23.3 Å². The lowest BCUT2D eigenvalue weighted by Crippen LogP contribution is -2.29. The second kappa shape index (κ2) is 4.34. The number of thiazole rings is 1. The van der Waals surface area contributed by atoms with Crippen LogP contribution in [-0.4, -0.2) is 35.6 Å². The Balaban J connectivity index is 1.63. The summed E-state index contributed by atoms with van der Waals surface area (Å²) in [6.45, 7) is 2.41. The van der Waals surface area contributed by atoms with Gasteiger partial charge in [-0.1, -0.05) is 0 Å². The van der Waals surface area contributed by atoms with E-state index in [1.54, 1.807) is 11.3 Å². The molecule has 1 aromatic rings. The molecule has 3 rings (SSSR count). The zero-order valence-corrected chi connectivity index (χ0v) is 11.3. The first-order valence-electron chi connectivity index (χ1n) is 6.56. The topological polar surface area (TPSA) is 42.1 Å². The van der Waals surface area contributed by atoms with Crippen LogP contribution in [-0.2, 0) is 6.42 Å². The monoisotopic (exact) mass is 251 g/mol. The van der Waals surface area contributed by atoms with Crippen molar-refractivity contribution in [3.63, 3.8) is 0 Å². The van der Waals surface area contributed by atoms with Gasteiger partial charge in [-0.2, -0.15) is 0 Å². The zero-order chi connectivity index (χ0) is 11.9. The molecule has 0 radical (unpaired) electrons. The Morgan fingerprint density at radius 2 is 2.18 bits per heavy atom. The molecule has 2 heterocycles. The summed E-state index contributed by atoms with van der Waals surface area (Å²) in [4.78, 5) is 7.21. The van der Waals surface area contributed by atoms with E-state index in [1.807, 2.05) is 0 Å². The van der Waals surface area contributed by atoms with Crippen molar-refractivity contribution in [3.8, 4) is 0 Å². The molecule has 2 N–H and O–H groups in total. The van der Waals surface area contributed by atoms with Crippen molar-refractivity contribution < 1.29 is 0 Å². The molecule has 0 unspecified atom stereocenters. The molecule has 17 heavy (non-hydrogen) atoms. The zero-order valence-electron chi connectivity index (χ0n) is 10.5. The Bertz CT molecular complexity index is 389. The van der Waals surface area contributed by atoms with E-state index in [9.17, 15) is 0 Å². The second-order valence-electron chi connectivity index (χ2n) is 5.78. The molecule has 0 aromatic carbocycles. The quantitative estimate of drug-likeness (QED) is 0.893. The van der Waals surface area contributed by atoms with Crippen LogP contribution in [0.25, 0.3) is 0 Å². The van der Waals surface area contributed by atoms with E-state index < -0.39 is 0 Å². The lowest BCUT2D eigenvalue weighted by atomic mass is 9.94. The highest BCUT2D eigenvalue weighted by atomic mass is 32.1. The fraction of sp³-hybridized carbons (Fsp3) is 0.769. The molecule has 0 atom stereocenters. The number of likely N-dealkylation sites (tertiary alicyclic amines) is 1. The van der Waals surface area contributed by atoms with Gasteiger partial charge < -0.3 is 10.6 Å². The van der Waals surface area contributed by atoms with Crippen molar-refractivity contribution in [2.45, 2.75) is 43.6 Å². The highest BCUT2D eigenvalue weighted by Crippen LogP contribution is 2.37. The van der Waals surface area contributed by atoms with E-state index >= 15 is 0 Å². The van der Waals surface area contributed by atoms with Gasteiger partial charge in [0.1, 0.15) is 0 Å². The summed E-state index contributed by atoms with van der Waals surface area (Å²) in [5.41, 5.74) is 7.57. The van der Waals surface area contributed by atoms with Crippen LogP contribution >= 0.6 is 11.3 Å². The van der Waals surface area contributed by atoms with Crippen LogP contribution < -0.4 is 5.73 Å². The SMILES string of the molecule is CN1CCC(c2csc(CC3(N)CC3)n2)CC1. The first kappa shape index (κ1) is 11.6.